The maximum Gasteiger partial charge on any atom is 0.255 e. The van der Waals surface area contributed by atoms with Crippen LogP contribution in [-0.2, 0) is 4.79 Å². The van der Waals surface area contributed by atoms with Gasteiger partial charge in [-0.05, 0) is 19.4 Å². The van der Waals surface area contributed by atoms with Gasteiger partial charge in [0.2, 0.25) is 5.91 Å². The van der Waals surface area contributed by atoms with Crippen molar-refractivity contribution in [1.29, 1.82) is 0 Å². The Balaban J connectivity index is 0.00000196. The van der Waals surface area contributed by atoms with Gasteiger partial charge >= 0.3 is 0 Å². The second kappa shape index (κ2) is 6.95. The first-order chi connectivity index (χ1) is 6.61. The molecule has 1 saturated heterocycles. The number of alkyl halides is 2. The SMILES string of the molecule is CN(CC(F)F)C(=O)C1CCCCN1.Cl. The van der Waals surface area contributed by atoms with Gasteiger partial charge in [0, 0.05) is 7.05 Å². The summed E-state index contributed by atoms with van der Waals surface area (Å²) in [6, 6.07) is -0.257. The summed E-state index contributed by atoms with van der Waals surface area (Å²) in [4.78, 5) is 12.7. The summed E-state index contributed by atoms with van der Waals surface area (Å²) in [6.07, 6.45) is 0.355. The van der Waals surface area contributed by atoms with E-state index >= 15 is 0 Å². The molecule has 0 radical (unpaired) electrons. The first-order valence-corrected chi connectivity index (χ1v) is 4.88. The predicted octanol–water partition coefficient (Wildman–Crippen LogP) is 1.27. The first-order valence-electron chi connectivity index (χ1n) is 4.88. The van der Waals surface area contributed by atoms with Crippen LogP contribution in [0.3, 0.4) is 0 Å². The Bertz CT molecular complexity index is 199. The smallest absolute Gasteiger partial charge is 0.255 e. The minimum absolute atomic E-state index is 0. The van der Waals surface area contributed by atoms with E-state index in [-0.39, 0.29) is 24.4 Å². The van der Waals surface area contributed by atoms with Gasteiger partial charge in [-0.25, -0.2) is 8.78 Å². The highest BCUT2D eigenvalue weighted by Gasteiger charge is 2.24. The summed E-state index contributed by atoms with van der Waals surface area (Å²) in [5.41, 5.74) is 0. The molecule has 0 spiro atoms. The number of carbonyl (C=O) groups excluding carboxylic acids is 1. The van der Waals surface area contributed by atoms with Gasteiger partial charge in [0.15, 0.2) is 0 Å². The maximum atomic E-state index is 12.0. The number of amides is 1. The molecule has 6 heteroatoms. The second-order valence-electron chi connectivity index (χ2n) is 3.61. The average molecular weight is 243 g/mol. The van der Waals surface area contributed by atoms with Crippen LogP contribution in [0.4, 0.5) is 8.78 Å². The van der Waals surface area contributed by atoms with E-state index in [0.717, 1.165) is 30.7 Å². The van der Waals surface area contributed by atoms with Gasteiger partial charge in [-0.3, -0.25) is 4.79 Å². The van der Waals surface area contributed by atoms with Crippen LogP contribution in [0.15, 0.2) is 0 Å². The van der Waals surface area contributed by atoms with E-state index in [0.29, 0.717) is 0 Å². The number of rotatable bonds is 3. The van der Waals surface area contributed by atoms with E-state index in [1.165, 1.54) is 7.05 Å². The van der Waals surface area contributed by atoms with E-state index in [1.807, 2.05) is 0 Å². The van der Waals surface area contributed by atoms with Gasteiger partial charge in [0.05, 0.1) is 12.6 Å². The van der Waals surface area contributed by atoms with Crippen molar-refractivity contribution in [2.45, 2.75) is 31.7 Å². The van der Waals surface area contributed by atoms with Crippen molar-refractivity contribution < 1.29 is 13.6 Å². The largest absolute Gasteiger partial charge is 0.339 e. The number of halogens is 3. The molecule has 1 rings (SSSR count). The van der Waals surface area contributed by atoms with Gasteiger partial charge in [-0.1, -0.05) is 6.42 Å². The van der Waals surface area contributed by atoms with Gasteiger partial charge in [-0.2, -0.15) is 0 Å². The fourth-order valence-electron chi connectivity index (χ4n) is 1.63. The molecule has 1 N–H and O–H groups in total. The number of carbonyl (C=O) groups is 1. The van der Waals surface area contributed by atoms with Crippen molar-refractivity contribution in [2.75, 3.05) is 20.1 Å². The maximum absolute atomic E-state index is 12.0. The summed E-state index contributed by atoms with van der Waals surface area (Å²) < 4.78 is 24.0. The summed E-state index contributed by atoms with van der Waals surface area (Å²) >= 11 is 0. The molecule has 90 valence electrons. The first kappa shape index (κ1) is 14.6. The van der Waals surface area contributed by atoms with Gasteiger partial charge in [-0.15, -0.1) is 12.4 Å². The summed E-state index contributed by atoms with van der Waals surface area (Å²) in [6.45, 7) is 0.329. The Labute approximate surface area is 94.6 Å². The normalized spacial score (nSPS) is 20.9. The van der Waals surface area contributed by atoms with Gasteiger partial charge < -0.3 is 10.2 Å². The van der Waals surface area contributed by atoms with Crippen LogP contribution in [0.5, 0.6) is 0 Å². The van der Waals surface area contributed by atoms with E-state index < -0.39 is 13.0 Å². The molecule has 1 atom stereocenters. The molecule has 1 aliphatic rings. The summed E-state index contributed by atoms with van der Waals surface area (Å²) in [7, 11) is 1.42. The summed E-state index contributed by atoms with van der Waals surface area (Å²) in [5.74, 6) is -0.218. The molecule has 1 aliphatic heterocycles. The molecule has 1 heterocycles. The number of likely N-dealkylation sites (N-methyl/N-ethyl adjacent to an activating group) is 1. The highest BCUT2D eigenvalue weighted by atomic mass is 35.5. The lowest BCUT2D eigenvalue weighted by atomic mass is 10.0. The number of piperidine rings is 1. The molecule has 0 saturated carbocycles. The Morgan fingerprint density at radius 1 is 1.53 bits per heavy atom. The zero-order chi connectivity index (χ0) is 10.6. The van der Waals surface area contributed by atoms with E-state index in [2.05, 4.69) is 5.32 Å². The molecule has 0 aromatic heterocycles. The molecule has 3 nitrogen and oxygen atoms in total. The molecule has 1 unspecified atom stereocenters. The quantitative estimate of drug-likeness (QED) is 0.809. The molecule has 0 bridgehead atoms. The molecule has 0 aromatic carbocycles. The standard InChI is InChI=1S/C9H16F2N2O.ClH/c1-13(6-8(10)11)9(14)7-4-2-3-5-12-7;/h7-8,12H,2-6H2,1H3;1H. The fraction of sp³-hybridized carbons (Fsp3) is 0.889. The van der Waals surface area contributed by atoms with Crippen molar-refractivity contribution in [3.05, 3.63) is 0 Å². The zero-order valence-electron chi connectivity index (χ0n) is 8.71. The number of hydrogen-bond acceptors (Lipinski definition) is 2. The third-order valence-electron chi connectivity index (χ3n) is 2.40. The third-order valence-corrected chi connectivity index (χ3v) is 2.40. The van der Waals surface area contributed by atoms with E-state index in [4.69, 9.17) is 0 Å². The molecule has 0 aliphatic carbocycles. The number of nitrogens with one attached hydrogen (secondary N) is 1. The Hall–Kier alpha value is -0.420. The van der Waals surface area contributed by atoms with Gasteiger partial charge in [0.1, 0.15) is 0 Å². The van der Waals surface area contributed by atoms with Crippen LogP contribution in [0, 0.1) is 0 Å². The third kappa shape index (κ3) is 4.75. The van der Waals surface area contributed by atoms with Crippen molar-refractivity contribution in [2.24, 2.45) is 0 Å². The van der Waals surface area contributed by atoms with Crippen LogP contribution in [0.2, 0.25) is 0 Å². The minimum atomic E-state index is -2.45. The van der Waals surface area contributed by atoms with Crippen LogP contribution in [0.1, 0.15) is 19.3 Å². The van der Waals surface area contributed by atoms with Gasteiger partial charge in [0.25, 0.3) is 6.43 Å². The van der Waals surface area contributed by atoms with Crippen molar-refractivity contribution in [1.82, 2.24) is 10.2 Å². The lowest BCUT2D eigenvalue weighted by Crippen LogP contribution is -2.48. The lowest BCUT2D eigenvalue weighted by Gasteiger charge is -2.27. The topological polar surface area (TPSA) is 32.3 Å². The predicted molar refractivity (Wildman–Crippen MR) is 56.5 cm³/mol. The number of hydrogen-bond donors (Lipinski definition) is 1. The monoisotopic (exact) mass is 242 g/mol. The van der Waals surface area contributed by atoms with Crippen molar-refractivity contribution in [3.8, 4) is 0 Å². The highest BCUT2D eigenvalue weighted by Crippen LogP contribution is 2.09. The molecule has 15 heavy (non-hydrogen) atoms. The molecular weight excluding hydrogens is 226 g/mol. The Kier molecular flexibility index (Phi) is 6.76. The Morgan fingerprint density at radius 2 is 2.20 bits per heavy atom. The molecule has 1 amide bonds. The molecule has 0 aromatic rings. The number of nitrogens with zero attached hydrogens (tertiary/aromatic N) is 1. The van der Waals surface area contributed by atoms with E-state index in [1.54, 1.807) is 0 Å². The van der Waals surface area contributed by atoms with Crippen molar-refractivity contribution in [3.63, 3.8) is 0 Å². The second-order valence-corrected chi connectivity index (χ2v) is 3.61. The minimum Gasteiger partial charge on any atom is -0.339 e. The summed E-state index contributed by atoms with van der Waals surface area (Å²) in [5, 5.41) is 3.04. The van der Waals surface area contributed by atoms with Crippen LogP contribution < -0.4 is 5.32 Å². The molecule has 1 fully saturated rings. The lowest BCUT2D eigenvalue weighted by molar-refractivity contribution is -0.134. The van der Waals surface area contributed by atoms with Crippen LogP contribution in [-0.4, -0.2) is 43.4 Å². The van der Waals surface area contributed by atoms with Crippen LogP contribution >= 0.6 is 12.4 Å². The average Bonchev–Trinajstić information content (AvgIpc) is 2.17. The van der Waals surface area contributed by atoms with Crippen molar-refractivity contribution >= 4 is 18.3 Å². The fourth-order valence-corrected chi connectivity index (χ4v) is 1.63. The van der Waals surface area contributed by atoms with E-state index in [9.17, 15) is 13.6 Å². The molecular formula is C9H17ClF2N2O. The Morgan fingerprint density at radius 3 is 2.67 bits per heavy atom. The zero-order valence-corrected chi connectivity index (χ0v) is 9.53. The highest BCUT2D eigenvalue weighted by molar-refractivity contribution is 5.85. The van der Waals surface area contributed by atoms with Crippen LogP contribution in [0.25, 0.3) is 0 Å².